The largest absolute Gasteiger partial charge is 0.481 e. The van der Waals surface area contributed by atoms with Crippen molar-refractivity contribution in [3.8, 4) is 5.75 Å². The fraction of sp³-hybridized carbons (Fsp3) is 0.190. The predicted molar refractivity (Wildman–Crippen MR) is 115 cm³/mol. The normalized spacial score (nSPS) is 16.5. The fourth-order valence-electron chi connectivity index (χ4n) is 2.49. The Morgan fingerprint density at radius 2 is 1.93 bits per heavy atom. The third kappa shape index (κ3) is 5.40. The number of benzene rings is 2. The minimum absolute atomic E-state index is 0.164. The van der Waals surface area contributed by atoms with Crippen LogP contribution in [0.15, 0.2) is 58.4 Å². The summed E-state index contributed by atoms with van der Waals surface area (Å²) in [5.74, 6) is -0.117. The first-order chi connectivity index (χ1) is 14.0. The lowest BCUT2D eigenvalue weighted by Crippen LogP contribution is -2.23. The molecule has 1 heterocycles. The highest BCUT2D eigenvalue weighted by Gasteiger charge is 2.30. The van der Waals surface area contributed by atoms with Gasteiger partial charge in [0.05, 0.1) is 17.2 Å². The first-order valence-electron chi connectivity index (χ1n) is 8.87. The molecule has 0 spiro atoms. The van der Waals surface area contributed by atoms with Crippen LogP contribution in [0.4, 0.5) is 5.69 Å². The number of amides is 1. The molecule has 1 saturated heterocycles. The molecule has 8 heteroatoms. The number of para-hydroxylation sites is 1. The minimum atomic E-state index is -0.446. The predicted octanol–water partition coefficient (Wildman–Crippen LogP) is 4.52. The monoisotopic (exact) mass is 430 g/mol. The fourth-order valence-corrected chi connectivity index (χ4v) is 3.59. The van der Waals surface area contributed by atoms with Crippen LogP contribution in [0.1, 0.15) is 12.5 Å². The lowest BCUT2D eigenvalue weighted by molar-refractivity contribution is -0.145. The van der Waals surface area contributed by atoms with Crippen molar-refractivity contribution in [3.05, 3.63) is 64.0 Å². The molecular formula is C21H19ClN2O4S. The molecule has 1 aliphatic heterocycles. The van der Waals surface area contributed by atoms with E-state index in [9.17, 15) is 9.59 Å². The van der Waals surface area contributed by atoms with Crippen LogP contribution in [0, 0.1) is 0 Å². The number of aliphatic imine (C=N–C) groups is 1. The second-order valence-electron chi connectivity index (χ2n) is 5.98. The lowest BCUT2D eigenvalue weighted by atomic mass is 10.2. The van der Waals surface area contributed by atoms with Crippen molar-refractivity contribution in [2.45, 2.75) is 6.92 Å². The van der Waals surface area contributed by atoms with Crippen LogP contribution >= 0.6 is 23.4 Å². The van der Waals surface area contributed by atoms with Crippen LogP contribution in [0.25, 0.3) is 6.08 Å². The Morgan fingerprint density at radius 3 is 2.66 bits per heavy atom. The Kier molecular flexibility index (Phi) is 6.95. The van der Waals surface area contributed by atoms with Crippen molar-refractivity contribution in [2.24, 2.45) is 4.99 Å². The molecule has 0 aromatic heterocycles. The molecule has 0 saturated carbocycles. The molecule has 6 nitrogen and oxygen atoms in total. The molecule has 0 radical (unpaired) electrons. The summed E-state index contributed by atoms with van der Waals surface area (Å²) in [6, 6.07) is 14.2. The van der Waals surface area contributed by atoms with Gasteiger partial charge in [0.25, 0.3) is 5.91 Å². The van der Waals surface area contributed by atoms with Crippen molar-refractivity contribution in [2.75, 3.05) is 20.3 Å². The summed E-state index contributed by atoms with van der Waals surface area (Å²) in [4.78, 5) is 30.7. The van der Waals surface area contributed by atoms with Crippen LogP contribution < -0.4 is 4.74 Å². The van der Waals surface area contributed by atoms with Gasteiger partial charge in [-0.2, -0.15) is 0 Å². The Morgan fingerprint density at radius 1 is 1.21 bits per heavy atom. The zero-order chi connectivity index (χ0) is 20.8. The van der Waals surface area contributed by atoms with Crippen molar-refractivity contribution >= 4 is 52.2 Å². The van der Waals surface area contributed by atoms with Gasteiger partial charge in [0.15, 0.2) is 11.8 Å². The van der Waals surface area contributed by atoms with Gasteiger partial charge in [-0.05, 0) is 55.1 Å². The van der Waals surface area contributed by atoms with Crippen molar-refractivity contribution in [3.63, 3.8) is 0 Å². The number of thioether (sulfide) groups is 1. The molecule has 0 aliphatic carbocycles. The standard InChI is InChI=1S/C21H19ClN2O4S/c1-3-27-19(25)13-28-17-7-5-4-6-14(17)12-18-20(26)24(2)21(29-18)23-16-10-8-15(22)9-11-16/h4-12H,3,13H2,1-2H3. The molecule has 1 aliphatic rings. The van der Waals surface area contributed by atoms with Crippen molar-refractivity contribution in [1.29, 1.82) is 0 Å². The molecule has 29 heavy (non-hydrogen) atoms. The number of carbonyl (C=O) groups is 2. The Labute approximate surface area is 178 Å². The highest BCUT2D eigenvalue weighted by molar-refractivity contribution is 8.18. The number of esters is 1. The summed E-state index contributed by atoms with van der Waals surface area (Å²) >= 11 is 7.17. The SMILES string of the molecule is CCOC(=O)COc1ccccc1C=C1SC(=Nc2ccc(Cl)cc2)N(C)C1=O. The molecular weight excluding hydrogens is 412 g/mol. The summed E-state index contributed by atoms with van der Waals surface area (Å²) in [5.41, 5.74) is 1.39. The molecule has 0 atom stereocenters. The Bertz CT molecular complexity index is 973. The number of carbonyl (C=O) groups excluding carboxylic acids is 2. The van der Waals surface area contributed by atoms with E-state index in [-0.39, 0.29) is 12.5 Å². The molecule has 2 aromatic rings. The molecule has 3 rings (SSSR count). The van der Waals surface area contributed by atoms with Crippen LogP contribution in [0.5, 0.6) is 5.75 Å². The van der Waals surface area contributed by atoms with Gasteiger partial charge in [0.2, 0.25) is 0 Å². The number of halogens is 1. The second kappa shape index (κ2) is 9.62. The smallest absolute Gasteiger partial charge is 0.344 e. The maximum atomic E-state index is 12.6. The summed E-state index contributed by atoms with van der Waals surface area (Å²) in [7, 11) is 1.67. The van der Waals surface area contributed by atoms with Crippen molar-refractivity contribution in [1.82, 2.24) is 4.90 Å². The molecule has 1 fully saturated rings. The third-order valence-electron chi connectivity index (χ3n) is 3.91. The van der Waals surface area contributed by atoms with E-state index in [1.165, 1.54) is 16.7 Å². The highest BCUT2D eigenvalue weighted by atomic mass is 35.5. The second-order valence-corrected chi connectivity index (χ2v) is 7.42. The number of ether oxygens (including phenoxy) is 2. The van der Waals surface area contributed by atoms with E-state index in [0.717, 1.165) is 0 Å². The van der Waals surface area contributed by atoms with E-state index >= 15 is 0 Å². The van der Waals surface area contributed by atoms with E-state index in [0.29, 0.717) is 38.7 Å². The van der Waals surface area contributed by atoms with Crippen LogP contribution in [-0.4, -0.2) is 42.2 Å². The average Bonchev–Trinajstić information content (AvgIpc) is 2.97. The molecule has 0 unspecified atom stereocenters. The number of hydrogen-bond donors (Lipinski definition) is 0. The summed E-state index contributed by atoms with van der Waals surface area (Å²) in [5, 5.41) is 1.19. The number of rotatable bonds is 6. The summed E-state index contributed by atoms with van der Waals surface area (Å²) in [6.45, 7) is 1.83. The summed E-state index contributed by atoms with van der Waals surface area (Å²) in [6.07, 6.45) is 1.73. The first-order valence-corrected chi connectivity index (χ1v) is 10.1. The Hall–Kier alpha value is -2.77. The number of amidine groups is 1. The molecule has 1 amide bonds. The van der Waals surface area contributed by atoms with Gasteiger partial charge in [-0.3, -0.25) is 9.69 Å². The van der Waals surface area contributed by atoms with Gasteiger partial charge in [-0.15, -0.1) is 0 Å². The quantitative estimate of drug-likeness (QED) is 0.498. The van der Waals surface area contributed by atoms with Gasteiger partial charge in [0, 0.05) is 17.6 Å². The zero-order valence-electron chi connectivity index (χ0n) is 15.9. The van der Waals surface area contributed by atoms with Crippen LogP contribution in [-0.2, 0) is 14.3 Å². The van der Waals surface area contributed by atoms with E-state index < -0.39 is 5.97 Å². The van der Waals surface area contributed by atoms with E-state index in [4.69, 9.17) is 21.1 Å². The number of likely N-dealkylation sites (N-methyl/N-ethyl adjacent to an activating group) is 1. The number of nitrogens with zero attached hydrogens (tertiary/aromatic N) is 2. The lowest BCUT2D eigenvalue weighted by Gasteiger charge is -2.09. The van der Waals surface area contributed by atoms with Crippen molar-refractivity contribution < 1.29 is 19.1 Å². The van der Waals surface area contributed by atoms with E-state index in [1.54, 1.807) is 56.4 Å². The van der Waals surface area contributed by atoms with Crippen LogP contribution in [0.2, 0.25) is 5.02 Å². The highest BCUT2D eigenvalue weighted by Crippen LogP contribution is 2.34. The van der Waals surface area contributed by atoms with Gasteiger partial charge in [-0.1, -0.05) is 29.8 Å². The molecule has 0 N–H and O–H groups in total. The van der Waals surface area contributed by atoms with Gasteiger partial charge in [0.1, 0.15) is 5.75 Å². The van der Waals surface area contributed by atoms with Gasteiger partial charge in [-0.25, -0.2) is 9.79 Å². The molecule has 0 bridgehead atoms. The Balaban J connectivity index is 1.81. The summed E-state index contributed by atoms with van der Waals surface area (Å²) < 4.78 is 10.4. The number of hydrogen-bond acceptors (Lipinski definition) is 6. The average molecular weight is 431 g/mol. The maximum Gasteiger partial charge on any atom is 0.344 e. The maximum absolute atomic E-state index is 12.6. The first kappa shape index (κ1) is 21.0. The minimum Gasteiger partial charge on any atom is -0.481 e. The van der Waals surface area contributed by atoms with Gasteiger partial charge < -0.3 is 9.47 Å². The van der Waals surface area contributed by atoms with E-state index in [1.807, 2.05) is 12.1 Å². The zero-order valence-corrected chi connectivity index (χ0v) is 17.5. The van der Waals surface area contributed by atoms with Gasteiger partial charge >= 0.3 is 5.97 Å². The molecule has 150 valence electrons. The topological polar surface area (TPSA) is 68.2 Å². The van der Waals surface area contributed by atoms with E-state index in [2.05, 4.69) is 4.99 Å². The molecule has 2 aromatic carbocycles. The third-order valence-corrected chi connectivity index (χ3v) is 5.22. The van der Waals surface area contributed by atoms with Crippen LogP contribution in [0.3, 0.4) is 0 Å².